The number of carbonyl (C=O) groups is 1. The highest BCUT2D eigenvalue weighted by molar-refractivity contribution is 6.42. The summed E-state index contributed by atoms with van der Waals surface area (Å²) in [6, 6.07) is 15.6. The third kappa shape index (κ3) is 6.89. The molecule has 1 aliphatic rings. The third-order valence-electron chi connectivity index (χ3n) is 4.98. The van der Waals surface area contributed by atoms with E-state index in [1.165, 1.54) is 0 Å². The van der Waals surface area contributed by atoms with Crippen molar-refractivity contribution in [1.82, 2.24) is 15.1 Å². The van der Waals surface area contributed by atoms with Crippen LogP contribution in [0.5, 0.6) is 0 Å². The Bertz CT molecular complexity index is 804. The molecule has 0 saturated carbocycles. The maximum absolute atomic E-state index is 12.5. The summed E-state index contributed by atoms with van der Waals surface area (Å²) in [5, 5.41) is 4.14. The Balaban J connectivity index is 1.41. The molecule has 1 saturated heterocycles. The summed E-state index contributed by atoms with van der Waals surface area (Å²) in [4.78, 5) is 16.5. The van der Waals surface area contributed by atoms with E-state index in [0.29, 0.717) is 36.3 Å². The van der Waals surface area contributed by atoms with Crippen molar-refractivity contribution >= 4 is 29.2 Å². The molecule has 2 aromatic rings. The summed E-state index contributed by atoms with van der Waals surface area (Å²) in [5.74, 6) is 0. The minimum Gasteiger partial charge on any atom is -0.374 e. The zero-order chi connectivity index (χ0) is 20.6. The number of ether oxygens (including phenoxy) is 1. The van der Waals surface area contributed by atoms with Gasteiger partial charge in [0.25, 0.3) is 0 Å². The van der Waals surface area contributed by atoms with Gasteiger partial charge in [0, 0.05) is 32.7 Å². The maximum Gasteiger partial charge on any atom is 0.317 e. The van der Waals surface area contributed by atoms with Crippen LogP contribution in [-0.4, -0.2) is 55.2 Å². The molecular weight excluding hydrogens is 409 g/mol. The van der Waals surface area contributed by atoms with Gasteiger partial charge in [-0.15, -0.1) is 0 Å². The summed E-state index contributed by atoms with van der Waals surface area (Å²) in [7, 11) is 2.07. The third-order valence-corrected chi connectivity index (χ3v) is 5.72. The van der Waals surface area contributed by atoms with Gasteiger partial charge in [0.05, 0.1) is 22.8 Å². The lowest BCUT2D eigenvalue weighted by atomic mass is 10.1. The van der Waals surface area contributed by atoms with Crippen LogP contribution in [0.15, 0.2) is 48.5 Å². The smallest absolute Gasteiger partial charge is 0.317 e. The second kappa shape index (κ2) is 10.8. The van der Waals surface area contributed by atoms with Crippen LogP contribution in [0.25, 0.3) is 0 Å². The molecule has 1 atom stereocenters. The molecule has 29 heavy (non-hydrogen) atoms. The zero-order valence-corrected chi connectivity index (χ0v) is 18.1. The highest BCUT2D eigenvalue weighted by Crippen LogP contribution is 2.23. The Labute approximate surface area is 182 Å². The highest BCUT2D eigenvalue weighted by atomic mass is 35.5. The van der Waals surface area contributed by atoms with Gasteiger partial charge in [-0.25, -0.2) is 4.79 Å². The number of carbonyl (C=O) groups excluding carboxylic acids is 1. The van der Waals surface area contributed by atoms with Crippen LogP contribution in [0.2, 0.25) is 10.0 Å². The summed E-state index contributed by atoms with van der Waals surface area (Å²) < 4.78 is 5.87. The molecule has 1 unspecified atom stereocenters. The molecule has 0 bridgehead atoms. The van der Waals surface area contributed by atoms with E-state index in [4.69, 9.17) is 27.9 Å². The number of nitrogens with zero attached hydrogens (tertiary/aromatic N) is 2. The molecule has 1 heterocycles. The summed E-state index contributed by atoms with van der Waals surface area (Å²) in [6.07, 6.45) is 0.905. The second-order valence-corrected chi connectivity index (χ2v) is 8.17. The SMILES string of the molecule is CN(CCC1CN(C(=O)NCc2ccccc2)CCO1)Cc1ccc(Cl)c(Cl)c1. The molecular formula is C22H27Cl2N3O2. The van der Waals surface area contributed by atoms with Gasteiger partial charge in [-0.2, -0.15) is 0 Å². The van der Waals surface area contributed by atoms with Crippen LogP contribution in [0, 0.1) is 0 Å². The first-order chi connectivity index (χ1) is 14.0. The number of halogens is 2. The molecule has 0 aliphatic carbocycles. The molecule has 0 spiro atoms. The normalized spacial score (nSPS) is 16.8. The van der Waals surface area contributed by atoms with Crippen molar-refractivity contribution in [1.29, 1.82) is 0 Å². The van der Waals surface area contributed by atoms with Crippen molar-refractivity contribution in [3.05, 3.63) is 69.7 Å². The van der Waals surface area contributed by atoms with E-state index < -0.39 is 0 Å². The van der Waals surface area contributed by atoms with Crippen LogP contribution in [0.1, 0.15) is 17.5 Å². The first-order valence-electron chi connectivity index (χ1n) is 9.82. The molecule has 5 nitrogen and oxygen atoms in total. The van der Waals surface area contributed by atoms with Crippen LogP contribution in [-0.2, 0) is 17.8 Å². The zero-order valence-electron chi connectivity index (χ0n) is 16.6. The molecule has 1 fully saturated rings. The number of morpholine rings is 1. The molecule has 156 valence electrons. The molecule has 2 aromatic carbocycles. The van der Waals surface area contributed by atoms with Crippen LogP contribution >= 0.6 is 23.2 Å². The first kappa shape index (κ1) is 21.9. The monoisotopic (exact) mass is 435 g/mol. The van der Waals surface area contributed by atoms with Crippen molar-refractivity contribution in [2.24, 2.45) is 0 Å². The molecule has 3 rings (SSSR count). The summed E-state index contributed by atoms with van der Waals surface area (Å²) in [5.41, 5.74) is 2.21. The topological polar surface area (TPSA) is 44.8 Å². The van der Waals surface area contributed by atoms with Crippen LogP contribution in [0.4, 0.5) is 4.79 Å². The minimum atomic E-state index is -0.0358. The fourth-order valence-electron chi connectivity index (χ4n) is 3.36. The average Bonchev–Trinajstić information content (AvgIpc) is 2.74. The Kier molecular flexibility index (Phi) is 8.19. The number of hydrogen-bond acceptors (Lipinski definition) is 3. The summed E-state index contributed by atoms with van der Waals surface area (Å²) >= 11 is 12.1. The van der Waals surface area contributed by atoms with E-state index in [0.717, 1.165) is 30.6 Å². The summed E-state index contributed by atoms with van der Waals surface area (Å²) in [6.45, 7) is 3.99. The number of benzene rings is 2. The van der Waals surface area contributed by atoms with Crippen molar-refractivity contribution < 1.29 is 9.53 Å². The first-order valence-corrected chi connectivity index (χ1v) is 10.6. The van der Waals surface area contributed by atoms with E-state index in [-0.39, 0.29) is 12.1 Å². The molecule has 0 radical (unpaired) electrons. The fraction of sp³-hybridized carbons (Fsp3) is 0.409. The van der Waals surface area contributed by atoms with E-state index >= 15 is 0 Å². The Morgan fingerprint density at radius 1 is 1.17 bits per heavy atom. The predicted molar refractivity (Wildman–Crippen MR) is 117 cm³/mol. The quantitative estimate of drug-likeness (QED) is 0.699. The van der Waals surface area contributed by atoms with Crippen molar-refractivity contribution in [2.75, 3.05) is 33.3 Å². The van der Waals surface area contributed by atoms with Gasteiger partial charge in [-0.1, -0.05) is 59.6 Å². The largest absolute Gasteiger partial charge is 0.374 e. The van der Waals surface area contributed by atoms with Gasteiger partial charge in [0.15, 0.2) is 0 Å². The predicted octanol–water partition coefficient (Wildman–Crippen LogP) is 4.43. The van der Waals surface area contributed by atoms with E-state index in [1.807, 2.05) is 53.4 Å². The Hall–Kier alpha value is -1.79. The number of rotatable bonds is 7. The Morgan fingerprint density at radius 2 is 1.97 bits per heavy atom. The lowest BCUT2D eigenvalue weighted by Crippen LogP contribution is -2.50. The molecule has 0 aromatic heterocycles. The molecule has 1 aliphatic heterocycles. The van der Waals surface area contributed by atoms with E-state index in [2.05, 4.69) is 17.3 Å². The lowest BCUT2D eigenvalue weighted by Gasteiger charge is -2.33. The molecule has 2 amide bonds. The fourth-order valence-corrected chi connectivity index (χ4v) is 3.68. The van der Waals surface area contributed by atoms with Crippen LogP contribution < -0.4 is 5.32 Å². The minimum absolute atomic E-state index is 0.0358. The molecule has 1 N–H and O–H groups in total. The van der Waals surface area contributed by atoms with Crippen LogP contribution in [0.3, 0.4) is 0 Å². The van der Waals surface area contributed by atoms with Crippen molar-refractivity contribution in [3.63, 3.8) is 0 Å². The number of amides is 2. The Morgan fingerprint density at radius 3 is 2.72 bits per heavy atom. The van der Waals surface area contributed by atoms with Crippen molar-refractivity contribution in [2.45, 2.75) is 25.6 Å². The number of urea groups is 1. The molecule has 7 heteroatoms. The van der Waals surface area contributed by atoms with Gasteiger partial charge >= 0.3 is 6.03 Å². The highest BCUT2D eigenvalue weighted by Gasteiger charge is 2.24. The maximum atomic E-state index is 12.5. The van der Waals surface area contributed by atoms with Gasteiger partial charge in [0.1, 0.15) is 0 Å². The standard InChI is InChI=1S/C22H27Cl2N3O2/c1-26(15-18-7-8-20(23)21(24)13-18)10-9-19-16-27(11-12-29-19)22(28)25-14-17-5-3-2-4-6-17/h2-8,13,19H,9-12,14-16H2,1H3,(H,25,28). The average molecular weight is 436 g/mol. The lowest BCUT2D eigenvalue weighted by molar-refractivity contribution is -0.0213. The van der Waals surface area contributed by atoms with E-state index in [1.54, 1.807) is 0 Å². The van der Waals surface area contributed by atoms with Crippen molar-refractivity contribution in [3.8, 4) is 0 Å². The van der Waals surface area contributed by atoms with Gasteiger partial charge in [-0.05, 0) is 36.7 Å². The number of nitrogens with one attached hydrogen (secondary N) is 1. The van der Waals surface area contributed by atoms with Gasteiger partial charge < -0.3 is 19.9 Å². The van der Waals surface area contributed by atoms with E-state index in [9.17, 15) is 4.79 Å². The second-order valence-electron chi connectivity index (χ2n) is 7.36. The number of hydrogen-bond donors (Lipinski definition) is 1. The van der Waals surface area contributed by atoms with Gasteiger partial charge in [0.2, 0.25) is 0 Å². The van der Waals surface area contributed by atoms with Gasteiger partial charge in [-0.3, -0.25) is 0 Å².